The molecular formula is C25H27N3O2S. The Bertz CT molecular complexity index is 1110. The predicted molar refractivity (Wildman–Crippen MR) is 125 cm³/mol. The van der Waals surface area contributed by atoms with Gasteiger partial charge in [-0.15, -0.1) is 10.2 Å². The van der Waals surface area contributed by atoms with Gasteiger partial charge in [-0.3, -0.25) is 4.57 Å². The van der Waals surface area contributed by atoms with E-state index in [1.165, 1.54) is 11.1 Å². The molecule has 0 aliphatic carbocycles. The quantitative estimate of drug-likeness (QED) is 0.311. The Morgan fingerprint density at radius 2 is 1.71 bits per heavy atom. The second-order valence-electron chi connectivity index (χ2n) is 8.28. The van der Waals surface area contributed by atoms with Crippen LogP contribution in [0.3, 0.4) is 0 Å². The molecule has 4 aromatic rings. The van der Waals surface area contributed by atoms with E-state index < -0.39 is 0 Å². The summed E-state index contributed by atoms with van der Waals surface area (Å²) in [6.45, 7) is 9.30. The van der Waals surface area contributed by atoms with Crippen molar-refractivity contribution >= 4 is 11.8 Å². The summed E-state index contributed by atoms with van der Waals surface area (Å²) >= 11 is 1.66. The second kappa shape index (κ2) is 9.02. The third kappa shape index (κ3) is 4.85. The van der Waals surface area contributed by atoms with Crippen molar-refractivity contribution in [2.45, 2.75) is 44.0 Å². The first-order chi connectivity index (χ1) is 15.0. The van der Waals surface area contributed by atoms with Crippen LogP contribution in [0.25, 0.3) is 17.3 Å². The van der Waals surface area contributed by atoms with Crippen molar-refractivity contribution in [3.63, 3.8) is 0 Å². The van der Waals surface area contributed by atoms with Gasteiger partial charge in [0.15, 0.2) is 10.9 Å². The van der Waals surface area contributed by atoms with Gasteiger partial charge in [-0.2, -0.15) is 0 Å². The highest BCUT2D eigenvalue weighted by molar-refractivity contribution is 7.98. The number of hydrogen-bond donors (Lipinski definition) is 0. The molecule has 160 valence electrons. The van der Waals surface area contributed by atoms with E-state index in [4.69, 9.17) is 9.15 Å². The summed E-state index contributed by atoms with van der Waals surface area (Å²) in [5.74, 6) is 3.01. The number of furan rings is 1. The molecule has 5 nitrogen and oxygen atoms in total. The molecule has 2 aromatic heterocycles. The van der Waals surface area contributed by atoms with Crippen molar-refractivity contribution in [1.29, 1.82) is 0 Å². The van der Waals surface area contributed by atoms with Gasteiger partial charge in [0.25, 0.3) is 0 Å². The average Bonchev–Trinajstić information content (AvgIpc) is 3.42. The molecule has 0 bridgehead atoms. The zero-order valence-electron chi connectivity index (χ0n) is 18.3. The fourth-order valence-corrected chi connectivity index (χ4v) is 4.18. The molecule has 2 heterocycles. The van der Waals surface area contributed by atoms with E-state index >= 15 is 0 Å². The largest absolute Gasteiger partial charge is 0.494 e. The van der Waals surface area contributed by atoms with Crippen molar-refractivity contribution in [3.8, 4) is 23.0 Å². The maximum atomic E-state index is 5.61. The lowest BCUT2D eigenvalue weighted by Crippen LogP contribution is -2.10. The zero-order valence-corrected chi connectivity index (χ0v) is 19.1. The molecule has 0 unspecified atom stereocenters. The predicted octanol–water partition coefficient (Wildman–Crippen LogP) is 6.52. The Labute approximate surface area is 187 Å². The number of aromatic nitrogens is 3. The van der Waals surface area contributed by atoms with Gasteiger partial charge in [0.05, 0.1) is 18.6 Å². The summed E-state index contributed by atoms with van der Waals surface area (Å²) in [4.78, 5) is 0. The average molecular weight is 434 g/mol. The van der Waals surface area contributed by atoms with Crippen LogP contribution in [0.5, 0.6) is 5.75 Å². The highest BCUT2D eigenvalue weighted by Gasteiger charge is 2.18. The Hall–Kier alpha value is -2.99. The van der Waals surface area contributed by atoms with E-state index in [1.807, 2.05) is 47.9 Å². The maximum absolute atomic E-state index is 5.61. The van der Waals surface area contributed by atoms with Crippen LogP contribution >= 0.6 is 11.8 Å². The van der Waals surface area contributed by atoms with Crippen molar-refractivity contribution in [2.75, 3.05) is 6.61 Å². The summed E-state index contributed by atoms with van der Waals surface area (Å²) in [5.41, 5.74) is 3.69. The van der Waals surface area contributed by atoms with Gasteiger partial charge in [0, 0.05) is 5.75 Å². The molecule has 0 atom stereocenters. The fraction of sp³-hybridized carbons (Fsp3) is 0.280. The summed E-state index contributed by atoms with van der Waals surface area (Å²) in [6, 6.07) is 20.5. The van der Waals surface area contributed by atoms with Crippen LogP contribution in [-0.4, -0.2) is 21.4 Å². The molecule has 0 radical (unpaired) electrons. The minimum atomic E-state index is 0.150. The molecule has 0 aliphatic heterocycles. The van der Waals surface area contributed by atoms with Crippen LogP contribution in [0.15, 0.2) is 76.5 Å². The maximum Gasteiger partial charge on any atom is 0.205 e. The summed E-state index contributed by atoms with van der Waals surface area (Å²) in [5, 5.41) is 9.70. The molecule has 0 fully saturated rings. The second-order valence-corrected chi connectivity index (χ2v) is 9.22. The molecule has 0 N–H and O–H groups in total. The molecule has 0 aliphatic rings. The molecule has 2 aromatic carbocycles. The summed E-state index contributed by atoms with van der Waals surface area (Å²) in [7, 11) is 0. The van der Waals surface area contributed by atoms with Gasteiger partial charge in [-0.25, -0.2) is 0 Å². The number of ether oxygens (including phenoxy) is 1. The van der Waals surface area contributed by atoms with Crippen LogP contribution in [-0.2, 0) is 11.2 Å². The highest BCUT2D eigenvalue weighted by atomic mass is 32.2. The minimum absolute atomic E-state index is 0.150. The Kier molecular flexibility index (Phi) is 6.18. The number of rotatable bonds is 7. The lowest BCUT2D eigenvalue weighted by Gasteiger charge is -2.19. The van der Waals surface area contributed by atoms with Crippen molar-refractivity contribution in [3.05, 3.63) is 78.1 Å². The highest BCUT2D eigenvalue weighted by Crippen LogP contribution is 2.31. The SMILES string of the molecule is CCOc1ccc(-n2c(SCc3ccc(C(C)(C)C)cc3)nnc2-c2ccco2)cc1. The van der Waals surface area contributed by atoms with E-state index in [1.54, 1.807) is 18.0 Å². The number of hydrogen-bond acceptors (Lipinski definition) is 5. The standard InChI is InChI=1S/C25H27N3O2S/c1-5-29-21-14-12-20(13-15-21)28-23(22-7-6-16-30-22)26-27-24(28)31-17-18-8-10-19(11-9-18)25(2,3)4/h6-16H,5,17H2,1-4H3. The Balaban J connectivity index is 1.62. The fourth-order valence-electron chi connectivity index (χ4n) is 3.27. The van der Waals surface area contributed by atoms with Crippen LogP contribution < -0.4 is 4.74 Å². The summed E-state index contributed by atoms with van der Waals surface area (Å²) < 4.78 is 13.2. The van der Waals surface area contributed by atoms with Gasteiger partial charge < -0.3 is 9.15 Å². The first-order valence-electron chi connectivity index (χ1n) is 10.4. The molecular weight excluding hydrogens is 406 g/mol. The van der Waals surface area contributed by atoms with Crippen molar-refractivity contribution in [1.82, 2.24) is 14.8 Å². The zero-order chi connectivity index (χ0) is 21.8. The lowest BCUT2D eigenvalue weighted by atomic mass is 9.87. The first-order valence-corrected chi connectivity index (χ1v) is 11.4. The molecule has 0 saturated carbocycles. The normalized spacial score (nSPS) is 11.6. The van der Waals surface area contributed by atoms with E-state index in [-0.39, 0.29) is 5.41 Å². The van der Waals surface area contributed by atoms with Gasteiger partial charge in [0.1, 0.15) is 5.75 Å². The number of benzene rings is 2. The number of thioether (sulfide) groups is 1. The van der Waals surface area contributed by atoms with Crippen LogP contribution in [0, 0.1) is 0 Å². The topological polar surface area (TPSA) is 53.1 Å². The minimum Gasteiger partial charge on any atom is -0.494 e. The van der Waals surface area contributed by atoms with Crippen LogP contribution in [0.4, 0.5) is 0 Å². The van der Waals surface area contributed by atoms with Gasteiger partial charge in [-0.1, -0.05) is 56.8 Å². The molecule has 0 saturated heterocycles. The molecule has 0 amide bonds. The third-order valence-corrected chi connectivity index (χ3v) is 5.97. The Morgan fingerprint density at radius 3 is 2.32 bits per heavy atom. The third-order valence-electron chi connectivity index (χ3n) is 4.97. The van der Waals surface area contributed by atoms with Gasteiger partial charge in [-0.05, 0) is 59.9 Å². The number of nitrogens with zero attached hydrogens (tertiary/aromatic N) is 3. The summed E-state index contributed by atoms with van der Waals surface area (Å²) in [6.07, 6.45) is 1.65. The first kappa shape index (κ1) is 21.2. The van der Waals surface area contributed by atoms with Crippen molar-refractivity contribution in [2.24, 2.45) is 0 Å². The Morgan fingerprint density at radius 1 is 0.968 bits per heavy atom. The smallest absolute Gasteiger partial charge is 0.205 e. The molecule has 6 heteroatoms. The monoisotopic (exact) mass is 433 g/mol. The molecule has 0 spiro atoms. The van der Waals surface area contributed by atoms with E-state index in [0.717, 1.165) is 22.3 Å². The van der Waals surface area contributed by atoms with Crippen LogP contribution in [0.1, 0.15) is 38.8 Å². The lowest BCUT2D eigenvalue weighted by molar-refractivity contribution is 0.340. The van der Waals surface area contributed by atoms with Crippen LogP contribution in [0.2, 0.25) is 0 Å². The molecule has 31 heavy (non-hydrogen) atoms. The van der Waals surface area contributed by atoms with E-state index in [9.17, 15) is 0 Å². The van der Waals surface area contributed by atoms with E-state index in [0.29, 0.717) is 18.2 Å². The van der Waals surface area contributed by atoms with E-state index in [2.05, 4.69) is 55.2 Å². The van der Waals surface area contributed by atoms with Gasteiger partial charge in [0.2, 0.25) is 5.82 Å². The van der Waals surface area contributed by atoms with Crippen molar-refractivity contribution < 1.29 is 9.15 Å². The van der Waals surface area contributed by atoms with Gasteiger partial charge >= 0.3 is 0 Å². The molecule has 4 rings (SSSR count).